The van der Waals surface area contributed by atoms with Gasteiger partial charge in [-0.2, -0.15) is 4.99 Å². The molecular weight excluding hydrogens is 468 g/mol. The number of hydrogen-bond donors (Lipinski definition) is 0. The van der Waals surface area contributed by atoms with Gasteiger partial charge in [0.15, 0.2) is 26.1 Å². The van der Waals surface area contributed by atoms with Gasteiger partial charge in [-0.15, -0.1) is 0 Å². The summed E-state index contributed by atoms with van der Waals surface area (Å²) in [4.78, 5) is 29.2. The number of aryl methyl sites for hydroxylation is 1. The van der Waals surface area contributed by atoms with Gasteiger partial charge >= 0.3 is 5.97 Å². The number of benzene rings is 2. The van der Waals surface area contributed by atoms with E-state index in [-0.39, 0.29) is 49.4 Å². The summed E-state index contributed by atoms with van der Waals surface area (Å²) in [5.74, 6) is -0.115. The average Bonchev–Trinajstić information content (AvgIpc) is 3.39. The molecule has 1 aliphatic heterocycles. The largest absolute Gasteiger partial charge is 0.466 e. The van der Waals surface area contributed by atoms with E-state index in [0.29, 0.717) is 16.3 Å². The van der Waals surface area contributed by atoms with Crippen molar-refractivity contribution < 1.29 is 32.2 Å². The van der Waals surface area contributed by atoms with E-state index in [1.54, 1.807) is 41.8 Å². The van der Waals surface area contributed by atoms with E-state index >= 15 is 0 Å². The van der Waals surface area contributed by atoms with Crippen molar-refractivity contribution in [3.63, 3.8) is 0 Å². The maximum Gasteiger partial charge on any atom is 0.307 e. The molecule has 0 bridgehead atoms. The fourth-order valence-corrected chi connectivity index (χ4v) is 5.66. The number of ether oxygens (including phenoxy) is 3. The number of fused-ring (bicyclic) bond motifs is 2. The lowest BCUT2D eigenvalue weighted by atomic mass is 10.3. The number of hydrogen-bond acceptors (Lipinski definition) is 8. The minimum Gasteiger partial charge on any atom is -0.466 e. The van der Waals surface area contributed by atoms with Crippen molar-refractivity contribution in [2.45, 2.75) is 31.2 Å². The van der Waals surface area contributed by atoms with Crippen LogP contribution < -0.4 is 14.3 Å². The molecule has 0 aliphatic carbocycles. The Hall–Kier alpha value is -3.18. The summed E-state index contributed by atoms with van der Waals surface area (Å²) in [5.41, 5.74) is 0.733. The van der Waals surface area contributed by atoms with E-state index in [4.69, 9.17) is 14.2 Å². The van der Waals surface area contributed by atoms with Crippen molar-refractivity contribution >= 4 is 43.3 Å². The monoisotopic (exact) mass is 490 g/mol. The van der Waals surface area contributed by atoms with Gasteiger partial charge in [0, 0.05) is 25.1 Å². The summed E-state index contributed by atoms with van der Waals surface area (Å²) in [7, 11) is -3.60. The summed E-state index contributed by atoms with van der Waals surface area (Å²) in [6.07, 6.45) is -0.163. The Labute approximate surface area is 194 Å². The summed E-state index contributed by atoms with van der Waals surface area (Å²) in [6.45, 7) is 2.38. The van der Waals surface area contributed by atoms with Gasteiger partial charge in [-0.3, -0.25) is 9.59 Å². The summed E-state index contributed by atoms with van der Waals surface area (Å²) in [5, 5.41) is 0. The van der Waals surface area contributed by atoms with Crippen LogP contribution in [-0.2, 0) is 30.7 Å². The number of nitrogens with zero attached hydrogens (tertiary/aromatic N) is 2. The molecule has 1 amide bonds. The lowest BCUT2D eigenvalue weighted by Gasteiger charge is -2.06. The third kappa shape index (κ3) is 5.25. The first-order valence-corrected chi connectivity index (χ1v) is 12.8. The van der Waals surface area contributed by atoms with Crippen LogP contribution in [0.5, 0.6) is 11.5 Å². The number of carbonyl (C=O) groups is 2. The van der Waals surface area contributed by atoms with Gasteiger partial charge in [0.25, 0.3) is 0 Å². The molecule has 1 aliphatic rings. The molecule has 0 atom stereocenters. The van der Waals surface area contributed by atoms with Crippen LogP contribution in [0.15, 0.2) is 52.4 Å². The maximum atomic E-state index is 12.6. The molecule has 1 aromatic heterocycles. The number of carbonyl (C=O) groups excluding carboxylic acids is 2. The van der Waals surface area contributed by atoms with Gasteiger partial charge in [0.05, 0.1) is 33.9 Å². The van der Waals surface area contributed by atoms with Crippen LogP contribution in [-0.4, -0.2) is 44.0 Å². The Morgan fingerprint density at radius 3 is 2.58 bits per heavy atom. The number of thiazole rings is 1. The Bertz CT molecular complexity index is 1360. The third-order valence-electron chi connectivity index (χ3n) is 4.93. The fraction of sp³-hybridized carbons (Fsp3) is 0.318. The molecule has 0 saturated carbocycles. The van der Waals surface area contributed by atoms with Crippen LogP contribution in [0.3, 0.4) is 0 Å². The molecule has 0 unspecified atom stereocenters. The fourth-order valence-electron chi connectivity index (χ4n) is 3.33. The molecule has 0 N–H and O–H groups in total. The number of amides is 1. The van der Waals surface area contributed by atoms with Crippen LogP contribution in [0.1, 0.15) is 19.8 Å². The van der Waals surface area contributed by atoms with Crippen LogP contribution in [0.2, 0.25) is 0 Å². The zero-order valence-corrected chi connectivity index (χ0v) is 19.5. The van der Waals surface area contributed by atoms with Crippen molar-refractivity contribution in [2.24, 2.45) is 4.99 Å². The van der Waals surface area contributed by atoms with Gasteiger partial charge in [-0.25, -0.2) is 8.42 Å². The number of esters is 1. The first-order chi connectivity index (χ1) is 15.9. The quantitative estimate of drug-likeness (QED) is 0.446. The summed E-state index contributed by atoms with van der Waals surface area (Å²) in [6, 6.07) is 11.6. The first-order valence-electron chi connectivity index (χ1n) is 10.3. The van der Waals surface area contributed by atoms with E-state index < -0.39 is 15.7 Å². The number of aromatic nitrogens is 1. The van der Waals surface area contributed by atoms with E-state index in [1.165, 1.54) is 23.5 Å². The van der Waals surface area contributed by atoms with E-state index in [1.807, 2.05) is 0 Å². The molecule has 0 fully saturated rings. The highest BCUT2D eigenvalue weighted by atomic mass is 32.2. The highest BCUT2D eigenvalue weighted by molar-refractivity contribution is 7.91. The molecule has 0 saturated heterocycles. The third-order valence-corrected chi connectivity index (χ3v) is 7.70. The summed E-state index contributed by atoms with van der Waals surface area (Å²) >= 11 is 1.25. The molecule has 2 heterocycles. The van der Waals surface area contributed by atoms with Gasteiger partial charge < -0.3 is 18.8 Å². The molecule has 0 radical (unpaired) electrons. The Morgan fingerprint density at radius 2 is 1.85 bits per heavy atom. The Kier molecular flexibility index (Phi) is 6.80. The number of rotatable bonds is 8. The molecule has 33 heavy (non-hydrogen) atoms. The van der Waals surface area contributed by atoms with Crippen LogP contribution in [0.4, 0.5) is 0 Å². The van der Waals surface area contributed by atoms with Crippen molar-refractivity contribution in [1.82, 2.24) is 4.57 Å². The van der Waals surface area contributed by atoms with Gasteiger partial charge in [0.2, 0.25) is 12.7 Å². The first kappa shape index (κ1) is 23.0. The zero-order chi connectivity index (χ0) is 23.4. The second kappa shape index (κ2) is 9.75. The predicted molar refractivity (Wildman–Crippen MR) is 121 cm³/mol. The Balaban J connectivity index is 1.61. The van der Waals surface area contributed by atoms with Gasteiger partial charge in [0.1, 0.15) is 0 Å². The normalized spacial score (nSPS) is 13.4. The van der Waals surface area contributed by atoms with Crippen LogP contribution in [0.25, 0.3) is 10.2 Å². The highest BCUT2D eigenvalue weighted by Crippen LogP contribution is 2.37. The molecular formula is C22H22N2O7S2. The second-order valence-corrected chi connectivity index (χ2v) is 10.3. The minimum atomic E-state index is -3.60. The lowest BCUT2D eigenvalue weighted by Crippen LogP contribution is -2.20. The van der Waals surface area contributed by atoms with Crippen LogP contribution >= 0.6 is 11.3 Å². The molecule has 9 nitrogen and oxygen atoms in total. The van der Waals surface area contributed by atoms with E-state index in [0.717, 1.165) is 10.2 Å². The summed E-state index contributed by atoms with van der Waals surface area (Å²) < 4.78 is 43.4. The smallest absolute Gasteiger partial charge is 0.307 e. The molecule has 11 heteroatoms. The van der Waals surface area contributed by atoms with E-state index in [2.05, 4.69) is 4.99 Å². The van der Waals surface area contributed by atoms with Gasteiger partial charge in [-0.1, -0.05) is 29.5 Å². The van der Waals surface area contributed by atoms with Crippen molar-refractivity contribution in [3.8, 4) is 11.5 Å². The average molecular weight is 491 g/mol. The van der Waals surface area contributed by atoms with Crippen molar-refractivity contribution in [2.75, 3.05) is 19.2 Å². The molecule has 4 rings (SSSR count). The number of sulfone groups is 1. The SMILES string of the molecule is CCOC(=O)CCn1c(=NC(=O)CCS(=O)(=O)c2ccccc2)sc2cc3c(cc21)OCO3. The zero-order valence-electron chi connectivity index (χ0n) is 17.9. The second-order valence-electron chi connectivity index (χ2n) is 7.15. The predicted octanol–water partition coefficient (Wildman–Crippen LogP) is 2.68. The lowest BCUT2D eigenvalue weighted by molar-refractivity contribution is -0.143. The molecule has 0 spiro atoms. The highest BCUT2D eigenvalue weighted by Gasteiger charge is 2.19. The maximum absolute atomic E-state index is 12.6. The molecule has 3 aromatic rings. The molecule has 174 valence electrons. The van der Waals surface area contributed by atoms with Gasteiger partial charge in [-0.05, 0) is 19.1 Å². The van der Waals surface area contributed by atoms with E-state index in [9.17, 15) is 18.0 Å². The van der Waals surface area contributed by atoms with Crippen LogP contribution in [0, 0.1) is 0 Å². The standard InChI is InChI=1S/C22H22N2O7S2/c1-2-29-21(26)8-10-24-16-12-17-18(31-14-30-17)13-19(16)32-22(24)23-20(25)9-11-33(27,28)15-6-4-3-5-7-15/h3-7,12-13H,2,8-11,14H2,1H3. The topological polar surface area (TPSA) is 113 Å². The van der Waals surface area contributed by atoms with Crippen molar-refractivity contribution in [3.05, 3.63) is 47.3 Å². The van der Waals surface area contributed by atoms with Crippen molar-refractivity contribution in [1.29, 1.82) is 0 Å². The Morgan fingerprint density at radius 1 is 1.12 bits per heavy atom. The molecule has 2 aromatic carbocycles. The minimum absolute atomic E-state index is 0.0951.